The minimum atomic E-state index is -0.810. The number of carbonyl (C=O) groups is 3. The molecule has 0 unspecified atom stereocenters. The van der Waals surface area contributed by atoms with Crippen molar-refractivity contribution in [3.8, 4) is 0 Å². The molecule has 2 bridgehead atoms. The lowest BCUT2D eigenvalue weighted by atomic mass is 10.0. The highest BCUT2D eigenvalue weighted by Crippen LogP contribution is 2.19. The zero-order valence-electron chi connectivity index (χ0n) is 25.3. The summed E-state index contributed by atoms with van der Waals surface area (Å²) in [5.41, 5.74) is 1.72. The number of rotatable bonds is 7. The first-order chi connectivity index (χ1) is 20.2. The number of carbonyl (C=O) groups excluding carboxylic acids is 3. The molecule has 4 rings (SSSR count). The van der Waals surface area contributed by atoms with E-state index >= 15 is 0 Å². The van der Waals surface area contributed by atoms with Crippen LogP contribution in [0.5, 0.6) is 0 Å². The average Bonchev–Trinajstić information content (AvgIpc) is 2.96. The van der Waals surface area contributed by atoms with Gasteiger partial charge in [-0.05, 0) is 44.2 Å². The lowest BCUT2D eigenvalue weighted by Gasteiger charge is -2.32. The number of amides is 3. The molecule has 42 heavy (non-hydrogen) atoms. The molecule has 11 nitrogen and oxygen atoms in total. The van der Waals surface area contributed by atoms with Crippen molar-refractivity contribution in [1.29, 1.82) is 0 Å². The monoisotopic (exact) mass is 578 g/mol. The fraction of sp³-hybridized carbons (Fsp3) is 0.581. The Kier molecular flexibility index (Phi) is 11.1. The van der Waals surface area contributed by atoms with Crippen LogP contribution in [0.15, 0.2) is 36.4 Å². The van der Waals surface area contributed by atoms with Gasteiger partial charge in [0.15, 0.2) is 0 Å². The lowest BCUT2D eigenvalue weighted by molar-refractivity contribution is -0.132. The van der Waals surface area contributed by atoms with Crippen LogP contribution in [0.25, 0.3) is 0 Å². The Labute approximate surface area is 249 Å². The summed E-state index contributed by atoms with van der Waals surface area (Å²) in [6.07, 6.45) is 4.01. The zero-order valence-corrected chi connectivity index (χ0v) is 25.3. The highest BCUT2D eigenvalue weighted by atomic mass is 16.2. The van der Waals surface area contributed by atoms with Crippen LogP contribution in [-0.2, 0) is 27.2 Å². The molecule has 2 aliphatic heterocycles. The van der Waals surface area contributed by atoms with Gasteiger partial charge in [-0.3, -0.25) is 14.4 Å². The van der Waals surface area contributed by atoms with E-state index in [0.29, 0.717) is 31.2 Å². The SMILES string of the molecule is CCCN1CCC(Nc2nc3cc(n2)N[C@@H](Cc2ccccc2)C(=O)N[C@H](C(C)C)C(=O)N[C@@H](C)C(=O)NCC3)CC1. The molecule has 0 spiro atoms. The third-order valence-corrected chi connectivity index (χ3v) is 7.84. The minimum absolute atomic E-state index is 0.192. The van der Waals surface area contributed by atoms with Gasteiger partial charge in [-0.1, -0.05) is 51.1 Å². The fourth-order valence-corrected chi connectivity index (χ4v) is 5.43. The Morgan fingerprint density at radius 2 is 1.71 bits per heavy atom. The molecule has 3 amide bonds. The molecule has 1 saturated heterocycles. The second kappa shape index (κ2) is 14.9. The van der Waals surface area contributed by atoms with Gasteiger partial charge in [0, 0.05) is 50.3 Å². The maximum atomic E-state index is 13.7. The molecule has 5 N–H and O–H groups in total. The van der Waals surface area contributed by atoms with Crippen LogP contribution in [0.3, 0.4) is 0 Å². The van der Waals surface area contributed by atoms with Crippen LogP contribution in [-0.4, -0.2) is 82.9 Å². The van der Waals surface area contributed by atoms with Gasteiger partial charge in [0.25, 0.3) is 0 Å². The van der Waals surface area contributed by atoms with Crippen molar-refractivity contribution < 1.29 is 14.4 Å². The number of piperidine rings is 1. The molecular formula is C31H46N8O3. The van der Waals surface area contributed by atoms with Crippen molar-refractivity contribution in [3.05, 3.63) is 47.7 Å². The van der Waals surface area contributed by atoms with Crippen LogP contribution in [0.2, 0.25) is 0 Å². The van der Waals surface area contributed by atoms with Gasteiger partial charge in [-0.25, -0.2) is 4.98 Å². The van der Waals surface area contributed by atoms with Crippen LogP contribution in [0, 0.1) is 5.92 Å². The molecule has 11 heteroatoms. The van der Waals surface area contributed by atoms with E-state index in [9.17, 15) is 14.4 Å². The second-order valence-electron chi connectivity index (χ2n) is 11.7. The van der Waals surface area contributed by atoms with E-state index < -0.39 is 24.0 Å². The molecule has 2 aromatic rings. The van der Waals surface area contributed by atoms with E-state index in [4.69, 9.17) is 9.97 Å². The molecule has 2 aliphatic rings. The van der Waals surface area contributed by atoms with Crippen LogP contribution in [0.1, 0.15) is 58.2 Å². The summed E-state index contributed by atoms with van der Waals surface area (Å²) in [5.74, 6) is -0.185. The quantitative estimate of drug-likeness (QED) is 0.337. The number of aromatic nitrogens is 2. The first-order valence-corrected chi connectivity index (χ1v) is 15.3. The van der Waals surface area contributed by atoms with E-state index in [1.54, 1.807) is 6.92 Å². The topological polar surface area (TPSA) is 140 Å². The maximum Gasteiger partial charge on any atom is 0.243 e. The van der Waals surface area contributed by atoms with Crippen molar-refractivity contribution in [2.75, 3.05) is 36.8 Å². The van der Waals surface area contributed by atoms with Gasteiger partial charge >= 0.3 is 0 Å². The number of benzene rings is 1. The predicted molar refractivity (Wildman–Crippen MR) is 164 cm³/mol. The Balaban J connectivity index is 1.63. The number of hydrogen-bond donors (Lipinski definition) is 5. The van der Waals surface area contributed by atoms with Gasteiger partial charge in [-0.2, -0.15) is 4.98 Å². The summed E-state index contributed by atoms with van der Waals surface area (Å²) in [6, 6.07) is 9.57. The van der Waals surface area contributed by atoms with Crippen LogP contribution < -0.4 is 26.6 Å². The number of nitrogens with one attached hydrogen (secondary N) is 5. The standard InChI is InChI=1S/C31H46N8O3/c1-5-15-39-16-12-23(13-17-39)34-31-35-24-11-14-32-28(40)21(4)33-30(42)27(20(2)3)38-29(41)25(36-26(19-24)37-31)18-22-9-7-6-8-10-22/h6-10,19-21,23,25,27H,5,11-18H2,1-4H3,(H,32,40)(H,33,42)(H,38,41)(H2,34,35,36,37)/t21-,25-,27+/m0/s1. The third kappa shape index (κ3) is 8.88. The fourth-order valence-electron chi connectivity index (χ4n) is 5.43. The van der Waals surface area contributed by atoms with Gasteiger partial charge < -0.3 is 31.5 Å². The van der Waals surface area contributed by atoms with Crippen LogP contribution in [0.4, 0.5) is 11.8 Å². The molecule has 3 atom stereocenters. The van der Waals surface area contributed by atoms with Crippen molar-refractivity contribution in [1.82, 2.24) is 30.8 Å². The average molecular weight is 579 g/mol. The molecule has 3 heterocycles. The second-order valence-corrected chi connectivity index (χ2v) is 11.7. The molecule has 1 fully saturated rings. The predicted octanol–water partition coefficient (Wildman–Crippen LogP) is 2.10. The third-order valence-electron chi connectivity index (χ3n) is 7.84. The van der Waals surface area contributed by atoms with Gasteiger partial charge in [-0.15, -0.1) is 0 Å². The minimum Gasteiger partial charge on any atom is -0.358 e. The Morgan fingerprint density at radius 3 is 2.40 bits per heavy atom. The van der Waals surface area contributed by atoms with Crippen molar-refractivity contribution in [3.63, 3.8) is 0 Å². The molecule has 0 radical (unpaired) electrons. The summed E-state index contributed by atoms with van der Waals surface area (Å²) in [6.45, 7) is 11.1. The molecule has 0 saturated carbocycles. The molecule has 0 aliphatic carbocycles. The van der Waals surface area contributed by atoms with Gasteiger partial charge in [0.2, 0.25) is 23.7 Å². The highest BCUT2D eigenvalue weighted by Gasteiger charge is 2.30. The largest absolute Gasteiger partial charge is 0.358 e. The number of likely N-dealkylation sites (tertiary alicyclic amines) is 1. The summed E-state index contributed by atoms with van der Waals surface area (Å²) in [7, 11) is 0. The number of fused-ring (bicyclic) bond motifs is 2. The smallest absolute Gasteiger partial charge is 0.243 e. The van der Waals surface area contributed by atoms with E-state index in [-0.39, 0.29) is 23.8 Å². The zero-order chi connectivity index (χ0) is 30.1. The summed E-state index contributed by atoms with van der Waals surface area (Å²) >= 11 is 0. The van der Waals surface area contributed by atoms with Crippen molar-refractivity contribution >= 4 is 29.5 Å². The number of anilines is 2. The maximum absolute atomic E-state index is 13.7. The van der Waals surface area contributed by atoms with E-state index in [1.165, 1.54) is 0 Å². The molecule has 1 aromatic carbocycles. The highest BCUT2D eigenvalue weighted by molar-refractivity contribution is 5.93. The molecule has 228 valence electrons. The van der Waals surface area contributed by atoms with E-state index in [1.807, 2.05) is 50.2 Å². The van der Waals surface area contributed by atoms with E-state index in [0.717, 1.165) is 50.2 Å². The number of hydrogen-bond acceptors (Lipinski definition) is 8. The van der Waals surface area contributed by atoms with Crippen molar-refractivity contribution in [2.45, 2.75) is 84.0 Å². The van der Waals surface area contributed by atoms with E-state index in [2.05, 4.69) is 38.4 Å². The Bertz CT molecular complexity index is 1200. The first kappa shape index (κ1) is 31.2. The number of nitrogens with zero attached hydrogens (tertiary/aromatic N) is 3. The summed E-state index contributed by atoms with van der Waals surface area (Å²) in [5, 5.41) is 15.5. The lowest BCUT2D eigenvalue weighted by Crippen LogP contribution is -2.56. The van der Waals surface area contributed by atoms with Gasteiger partial charge in [0.05, 0.1) is 0 Å². The summed E-state index contributed by atoms with van der Waals surface area (Å²) < 4.78 is 0. The van der Waals surface area contributed by atoms with Crippen LogP contribution >= 0.6 is 0 Å². The normalized spacial score (nSPS) is 23.2. The van der Waals surface area contributed by atoms with Gasteiger partial charge in [0.1, 0.15) is 23.9 Å². The van der Waals surface area contributed by atoms with Crippen molar-refractivity contribution in [2.24, 2.45) is 5.92 Å². The molecular weight excluding hydrogens is 532 g/mol. The Hall–Kier alpha value is -3.73. The molecule has 1 aromatic heterocycles. The Morgan fingerprint density at radius 1 is 0.976 bits per heavy atom. The first-order valence-electron chi connectivity index (χ1n) is 15.3. The summed E-state index contributed by atoms with van der Waals surface area (Å²) in [4.78, 5) is 51.6.